The Bertz CT molecular complexity index is 6.00. The molecule has 0 spiro atoms. The number of nitrogens with zero attached hydrogens (tertiary/aromatic N) is 1. The van der Waals surface area contributed by atoms with E-state index in [4.69, 9.17) is 0 Å². The summed E-state index contributed by atoms with van der Waals surface area (Å²) in [5, 5.41) is 3.50. The van der Waals surface area contributed by atoms with Gasteiger partial charge in [0.05, 0.1) is 0 Å². The van der Waals surface area contributed by atoms with Crippen LogP contribution in [0, 0.1) is 0 Å². The maximum absolute atomic E-state index is 3.50. The molecule has 0 fully saturated rings. The zero-order valence-electron chi connectivity index (χ0n) is 2.95. The van der Waals surface area contributed by atoms with Gasteiger partial charge in [-0.15, -0.1) is 0 Å². The first-order valence-corrected chi connectivity index (χ1v) is 0.894. The van der Waals surface area contributed by atoms with E-state index < -0.39 is 0 Å². The van der Waals surface area contributed by atoms with E-state index in [0.717, 1.165) is 0 Å². The van der Waals surface area contributed by atoms with Crippen molar-refractivity contribution in [2.24, 2.45) is 0 Å². The molecular formula is C2H8NTe. The van der Waals surface area contributed by atoms with Gasteiger partial charge in [0.2, 0.25) is 0 Å². The van der Waals surface area contributed by atoms with E-state index in [9.17, 15) is 0 Å². The van der Waals surface area contributed by atoms with Crippen LogP contribution in [0.15, 0.2) is 0 Å². The van der Waals surface area contributed by atoms with Crippen molar-refractivity contribution in [1.82, 2.24) is 5.32 Å². The summed E-state index contributed by atoms with van der Waals surface area (Å²) in [6.45, 7) is 0. The quantitative estimate of drug-likeness (QED) is 0.415. The standard InChI is InChI=1S/C2H6N.H2Te/c1-3-2;/h1-2H3;1H2. The molecule has 0 heterocycles. The van der Waals surface area contributed by atoms with Gasteiger partial charge in [0.25, 0.3) is 0 Å². The van der Waals surface area contributed by atoms with Gasteiger partial charge in [0.1, 0.15) is 0 Å². The molecule has 1 radical (unpaired) electrons. The Morgan fingerprint density at radius 1 is 1.25 bits per heavy atom. The summed E-state index contributed by atoms with van der Waals surface area (Å²) in [5.74, 6) is 0. The van der Waals surface area contributed by atoms with Gasteiger partial charge in [-0.2, -0.15) is 0 Å². The molecule has 27 valence electrons. The molecule has 0 amide bonds. The molecule has 0 aromatic heterocycles. The molecule has 0 bridgehead atoms. The Kier molecular flexibility index (Phi) is 20.4. The molecule has 4 heavy (non-hydrogen) atoms. The van der Waals surface area contributed by atoms with Gasteiger partial charge < -0.3 is 0 Å². The second-order valence-electron chi connectivity index (χ2n) is 0.447. The van der Waals surface area contributed by atoms with Crippen LogP contribution in [-0.2, 0) is 0 Å². The van der Waals surface area contributed by atoms with Gasteiger partial charge in [-0.25, -0.2) is 5.32 Å². The average molecular weight is 174 g/mol. The van der Waals surface area contributed by atoms with Crippen molar-refractivity contribution in [2.75, 3.05) is 14.1 Å². The minimum absolute atomic E-state index is 0. The van der Waals surface area contributed by atoms with E-state index in [1.54, 1.807) is 14.1 Å². The van der Waals surface area contributed by atoms with E-state index in [-0.39, 0.29) is 23.7 Å². The SMILES string of the molecule is C[N]C.[TeH2]. The Balaban J connectivity index is 0. The monoisotopic (exact) mass is 176 g/mol. The van der Waals surface area contributed by atoms with Crippen LogP contribution in [0.1, 0.15) is 0 Å². The number of hydrogen-bond acceptors (Lipinski definition) is 0. The van der Waals surface area contributed by atoms with Crippen LogP contribution in [0.3, 0.4) is 0 Å². The summed E-state index contributed by atoms with van der Waals surface area (Å²) in [5.41, 5.74) is 0. The zero-order chi connectivity index (χ0) is 2.71. The molecule has 2 heteroatoms. The molecule has 0 saturated heterocycles. The van der Waals surface area contributed by atoms with Gasteiger partial charge in [-0.3, -0.25) is 0 Å². The zero-order valence-corrected chi connectivity index (χ0v) is 5.80. The van der Waals surface area contributed by atoms with Gasteiger partial charge >= 0.3 is 23.7 Å². The van der Waals surface area contributed by atoms with Crippen LogP contribution in [0.2, 0.25) is 0 Å². The fourth-order valence-electron chi connectivity index (χ4n) is 0. The van der Waals surface area contributed by atoms with Crippen molar-refractivity contribution in [3.63, 3.8) is 0 Å². The van der Waals surface area contributed by atoms with Gasteiger partial charge in [0, 0.05) is 14.1 Å². The molecule has 0 unspecified atom stereocenters. The van der Waals surface area contributed by atoms with Crippen LogP contribution in [0.5, 0.6) is 0 Å². The van der Waals surface area contributed by atoms with Crippen LogP contribution in [-0.4, -0.2) is 37.8 Å². The molecule has 0 aliphatic heterocycles. The molecule has 0 aromatic rings. The molecule has 0 aliphatic rings. The van der Waals surface area contributed by atoms with E-state index in [0.29, 0.717) is 0 Å². The fourth-order valence-corrected chi connectivity index (χ4v) is 0. The van der Waals surface area contributed by atoms with Crippen molar-refractivity contribution < 1.29 is 0 Å². The van der Waals surface area contributed by atoms with E-state index in [1.165, 1.54) is 0 Å². The second-order valence-corrected chi connectivity index (χ2v) is 0.447. The maximum atomic E-state index is 3.50. The van der Waals surface area contributed by atoms with Gasteiger partial charge in [-0.1, -0.05) is 0 Å². The Morgan fingerprint density at radius 2 is 1.25 bits per heavy atom. The predicted molar refractivity (Wildman–Crippen MR) is 22.5 cm³/mol. The van der Waals surface area contributed by atoms with Crippen LogP contribution in [0.4, 0.5) is 0 Å². The summed E-state index contributed by atoms with van der Waals surface area (Å²) in [7, 11) is 3.50. The van der Waals surface area contributed by atoms with Crippen molar-refractivity contribution in [2.45, 2.75) is 0 Å². The molecule has 0 N–H and O–H groups in total. The third kappa shape index (κ3) is 15.0. The summed E-state index contributed by atoms with van der Waals surface area (Å²) < 4.78 is 0. The summed E-state index contributed by atoms with van der Waals surface area (Å²) in [4.78, 5) is 0. The Labute approximate surface area is 43.5 Å². The fraction of sp³-hybridized carbons (Fsp3) is 1.00. The molecule has 0 aliphatic carbocycles. The first-order valence-electron chi connectivity index (χ1n) is 0.894. The molecule has 0 rings (SSSR count). The number of rotatable bonds is 0. The van der Waals surface area contributed by atoms with Crippen molar-refractivity contribution in [3.05, 3.63) is 0 Å². The van der Waals surface area contributed by atoms with Crippen molar-refractivity contribution in [1.29, 1.82) is 0 Å². The van der Waals surface area contributed by atoms with E-state index in [2.05, 4.69) is 5.32 Å². The molecule has 0 saturated carbocycles. The summed E-state index contributed by atoms with van der Waals surface area (Å²) in [6, 6.07) is 0. The third-order valence-corrected chi connectivity index (χ3v) is 0. The minimum atomic E-state index is 0. The van der Waals surface area contributed by atoms with E-state index >= 15 is 0 Å². The first-order chi connectivity index (χ1) is 1.41. The third-order valence-electron chi connectivity index (χ3n) is 0. The van der Waals surface area contributed by atoms with Gasteiger partial charge in [0.15, 0.2) is 0 Å². The average Bonchev–Trinajstić information content (AvgIpc) is 0.918. The first kappa shape index (κ1) is 8.83. The molecular weight excluding hydrogens is 166 g/mol. The Hall–Kier alpha value is 0.750. The molecule has 0 atom stereocenters. The van der Waals surface area contributed by atoms with Crippen LogP contribution >= 0.6 is 0 Å². The van der Waals surface area contributed by atoms with Crippen molar-refractivity contribution in [3.8, 4) is 0 Å². The van der Waals surface area contributed by atoms with Crippen LogP contribution < -0.4 is 5.32 Å². The number of hydrogen-bond donors (Lipinski definition) is 0. The second kappa shape index (κ2) is 9.26. The molecule has 0 aromatic carbocycles. The Morgan fingerprint density at radius 3 is 1.25 bits per heavy atom. The summed E-state index contributed by atoms with van der Waals surface area (Å²) >= 11 is 0. The van der Waals surface area contributed by atoms with Crippen molar-refractivity contribution >= 4 is 23.7 Å². The van der Waals surface area contributed by atoms with Gasteiger partial charge in [-0.05, 0) is 0 Å². The normalized spacial score (nSPS) is 4.50. The van der Waals surface area contributed by atoms with E-state index in [1.807, 2.05) is 0 Å². The van der Waals surface area contributed by atoms with Crippen LogP contribution in [0.25, 0.3) is 0 Å². The molecule has 1 nitrogen and oxygen atoms in total. The predicted octanol–water partition coefficient (Wildman–Crippen LogP) is -1.07. The summed E-state index contributed by atoms with van der Waals surface area (Å²) in [6.07, 6.45) is 0. The topological polar surface area (TPSA) is 14.1 Å².